The summed E-state index contributed by atoms with van der Waals surface area (Å²) in [6.45, 7) is 0.300. The Balaban J connectivity index is 2.22. The maximum absolute atomic E-state index is 13.8. The number of primary amides is 1. The Morgan fingerprint density at radius 3 is 2.76 bits per heavy atom. The number of nitrogens with zero attached hydrogens (tertiary/aromatic N) is 1. The van der Waals surface area contributed by atoms with Gasteiger partial charge >= 0.3 is 0 Å². The molecule has 2 rings (SSSR count). The van der Waals surface area contributed by atoms with Gasteiger partial charge in [0.1, 0.15) is 5.82 Å². The van der Waals surface area contributed by atoms with Crippen LogP contribution in [0, 0.1) is 17.1 Å². The van der Waals surface area contributed by atoms with Crippen LogP contribution in [-0.2, 0) is 6.54 Å². The molecule has 0 saturated heterocycles. The SMILES string of the molecule is N#Cc1cccc(CNc2cc(C(N)=O)c(N)cc2F)c1. The predicted octanol–water partition coefficient (Wildman–Crippen LogP) is 1.99. The Labute approximate surface area is 121 Å². The van der Waals surface area contributed by atoms with Crippen LogP contribution in [0.3, 0.4) is 0 Å². The Bertz CT molecular complexity index is 737. The summed E-state index contributed by atoms with van der Waals surface area (Å²) in [6, 6.07) is 11.3. The molecule has 0 heterocycles. The van der Waals surface area contributed by atoms with Crippen LogP contribution >= 0.6 is 0 Å². The van der Waals surface area contributed by atoms with Crippen LogP contribution in [0.5, 0.6) is 0 Å². The third-order valence-electron chi connectivity index (χ3n) is 2.94. The maximum atomic E-state index is 13.8. The molecular formula is C15H13FN4O. The number of anilines is 2. The minimum absolute atomic E-state index is 0.00275. The molecular weight excluding hydrogens is 271 g/mol. The molecule has 1 amide bonds. The van der Waals surface area contributed by atoms with E-state index >= 15 is 0 Å². The van der Waals surface area contributed by atoms with Crippen molar-refractivity contribution in [3.05, 3.63) is 58.9 Å². The van der Waals surface area contributed by atoms with Crippen LogP contribution < -0.4 is 16.8 Å². The number of halogens is 1. The Hall–Kier alpha value is -3.07. The van der Waals surface area contributed by atoms with E-state index < -0.39 is 11.7 Å². The van der Waals surface area contributed by atoms with Crippen LogP contribution in [0.4, 0.5) is 15.8 Å². The number of nitrogens with one attached hydrogen (secondary N) is 1. The fourth-order valence-corrected chi connectivity index (χ4v) is 1.89. The quantitative estimate of drug-likeness (QED) is 0.746. The van der Waals surface area contributed by atoms with E-state index in [-0.39, 0.29) is 16.9 Å². The summed E-state index contributed by atoms with van der Waals surface area (Å²) in [4.78, 5) is 11.2. The van der Waals surface area contributed by atoms with Gasteiger partial charge in [-0.2, -0.15) is 5.26 Å². The number of nitrogen functional groups attached to an aromatic ring is 1. The van der Waals surface area contributed by atoms with Gasteiger partial charge < -0.3 is 16.8 Å². The van der Waals surface area contributed by atoms with Gasteiger partial charge in [0, 0.05) is 12.2 Å². The van der Waals surface area contributed by atoms with E-state index in [1.807, 2.05) is 6.07 Å². The normalized spacial score (nSPS) is 9.90. The molecule has 0 radical (unpaired) electrons. The van der Waals surface area contributed by atoms with E-state index in [4.69, 9.17) is 16.7 Å². The summed E-state index contributed by atoms with van der Waals surface area (Å²) in [6.07, 6.45) is 0. The van der Waals surface area contributed by atoms with Crippen LogP contribution in [0.1, 0.15) is 21.5 Å². The monoisotopic (exact) mass is 284 g/mol. The first-order valence-electron chi connectivity index (χ1n) is 6.13. The van der Waals surface area contributed by atoms with Gasteiger partial charge in [-0.25, -0.2) is 4.39 Å². The number of carbonyl (C=O) groups excluding carboxylic acids is 1. The molecule has 106 valence electrons. The summed E-state index contributed by atoms with van der Waals surface area (Å²) < 4.78 is 13.8. The van der Waals surface area contributed by atoms with Crippen molar-refractivity contribution in [1.29, 1.82) is 5.26 Å². The van der Waals surface area contributed by atoms with E-state index in [2.05, 4.69) is 5.32 Å². The average Bonchev–Trinajstić information content (AvgIpc) is 2.46. The number of hydrogen-bond donors (Lipinski definition) is 3. The molecule has 0 unspecified atom stereocenters. The lowest BCUT2D eigenvalue weighted by molar-refractivity contribution is 0.100. The highest BCUT2D eigenvalue weighted by atomic mass is 19.1. The van der Waals surface area contributed by atoms with Crippen molar-refractivity contribution >= 4 is 17.3 Å². The zero-order chi connectivity index (χ0) is 15.4. The van der Waals surface area contributed by atoms with Crippen molar-refractivity contribution in [3.63, 3.8) is 0 Å². The average molecular weight is 284 g/mol. The Morgan fingerprint density at radius 1 is 1.33 bits per heavy atom. The Kier molecular flexibility index (Phi) is 4.05. The van der Waals surface area contributed by atoms with Crippen molar-refractivity contribution in [1.82, 2.24) is 0 Å². The summed E-state index contributed by atoms with van der Waals surface area (Å²) in [5.74, 6) is -1.30. The second-order valence-electron chi connectivity index (χ2n) is 4.45. The van der Waals surface area contributed by atoms with Gasteiger partial charge in [0.05, 0.1) is 22.9 Å². The molecule has 2 aromatic carbocycles. The van der Waals surface area contributed by atoms with Gasteiger partial charge in [-0.05, 0) is 29.8 Å². The summed E-state index contributed by atoms with van der Waals surface area (Å²) >= 11 is 0. The summed E-state index contributed by atoms with van der Waals surface area (Å²) in [5, 5.41) is 11.7. The lowest BCUT2D eigenvalue weighted by Crippen LogP contribution is -2.15. The lowest BCUT2D eigenvalue weighted by atomic mass is 10.1. The van der Waals surface area contributed by atoms with Crippen LogP contribution in [0.25, 0.3) is 0 Å². The van der Waals surface area contributed by atoms with Gasteiger partial charge in [-0.1, -0.05) is 12.1 Å². The van der Waals surface area contributed by atoms with Gasteiger partial charge in [0.15, 0.2) is 0 Å². The highest BCUT2D eigenvalue weighted by Gasteiger charge is 2.11. The number of carbonyl (C=O) groups is 1. The van der Waals surface area contributed by atoms with Crippen LogP contribution in [-0.4, -0.2) is 5.91 Å². The second-order valence-corrected chi connectivity index (χ2v) is 4.45. The topological polar surface area (TPSA) is 105 Å². The predicted molar refractivity (Wildman–Crippen MR) is 77.8 cm³/mol. The van der Waals surface area contributed by atoms with E-state index in [1.54, 1.807) is 24.3 Å². The van der Waals surface area contributed by atoms with Gasteiger partial charge in [0.25, 0.3) is 5.91 Å². The lowest BCUT2D eigenvalue weighted by Gasteiger charge is -2.11. The smallest absolute Gasteiger partial charge is 0.250 e. The molecule has 0 fully saturated rings. The van der Waals surface area contributed by atoms with Crippen molar-refractivity contribution < 1.29 is 9.18 Å². The molecule has 0 atom stereocenters. The largest absolute Gasteiger partial charge is 0.398 e. The van der Waals surface area contributed by atoms with Gasteiger partial charge in [0.2, 0.25) is 0 Å². The highest BCUT2D eigenvalue weighted by molar-refractivity contribution is 5.99. The van der Waals surface area contributed by atoms with Crippen LogP contribution in [0.15, 0.2) is 36.4 Å². The van der Waals surface area contributed by atoms with Crippen molar-refractivity contribution in [2.75, 3.05) is 11.1 Å². The third kappa shape index (κ3) is 3.28. The first-order chi connectivity index (χ1) is 10.0. The zero-order valence-corrected chi connectivity index (χ0v) is 11.1. The number of amides is 1. The first kappa shape index (κ1) is 14.3. The maximum Gasteiger partial charge on any atom is 0.250 e. The van der Waals surface area contributed by atoms with Crippen molar-refractivity contribution in [2.24, 2.45) is 5.73 Å². The molecule has 0 aliphatic carbocycles. The number of benzene rings is 2. The fraction of sp³-hybridized carbons (Fsp3) is 0.0667. The second kappa shape index (κ2) is 5.92. The Morgan fingerprint density at radius 2 is 2.10 bits per heavy atom. The molecule has 2 aromatic rings. The minimum atomic E-state index is -0.720. The molecule has 0 bridgehead atoms. The summed E-state index contributed by atoms with van der Waals surface area (Å²) in [5.41, 5.74) is 12.2. The number of rotatable bonds is 4. The number of nitrogens with two attached hydrogens (primary N) is 2. The molecule has 6 heteroatoms. The third-order valence-corrected chi connectivity index (χ3v) is 2.94. The van der Waals surface area contributed by atoms with Gasteiger partial charge in [-0.15, -0.1) is 0 Å². The standard InChI is InChI=1S/C15H13FN4O/c16-12-6-13(18)11(15(19)21)5-14(12)20-8-10-3-1-2-9(4-10)7-17/h1-6,20H,8,18H2,(H2,19,21). The first-order valence-corrected chi connectivity index (χ1v) is 6.13. The number of hydrogen-bond acceptors (Lipinski definition) is 4. The molecule has 5 N–H and O–H groups in total. The molecule has 5 nitrogen and oxygen atoms in total. The van der Waals surface area contributed by atoms with E-state index in [9.17, 15) is 9.18 Å². The molecule has 0 saturated carbocycles. The number of nitriles is 1. The molecule has 0 aliphatic heterocycles. The molecule has 21 heavy (non-hydrogen) atoms. The van der Waals surface area contributed by atoms with Crippen LogP contribution in [0.2, 0.25) is 0 Å². The van der Waals surface area contributed by atoms with Crippen molar-refractivity contribution in [2.45, 2.75) is 6.54 Å². The highest BCUT2D eigenvalue weighted by Crippen LogP contribution is 2.22. The zero-order valence-electron chi connectivity index (χ0n) is 11.1. The minimum Gasteiger partial charge on any atom is -0.398 e. The van der Waals surface area contributed by atoms with E-state index in [1.165, 1.54) is 6.07 Å². The van der Waals surface area contributed by atoms with Gasteiger partial charge in [-0.3, -0.25) is 4.79 Å². The molecule has 0 aliphatic rings. The molecule has 0 spiro atoms. The molecule has 0 aromatic heterocycles. The fourth-order valence-electron chi connectivity index (χ4n) is 1.89. The van der Waals surface area contributed by atoms with E-state index in [0.717, 1.165) is 11.6 Å². The summed E-state index contributed by atoms with van der Waals surface area (Å²) in [7, 11) is 0. The van der Waals surface area contributed by atoms with Crippen molar-refractivity contribution in [3.8, 4) is 6.07 Å². The van der Waals surface area contributed by atoms with E-state index in [0.29, 0.717) is 12.1 Å².